The molecule has 0 aliphatic carbocycles. The number of halogens is 3. The summed E-state index contributed by atoms with van der Waals surface area (Å²) in [5.41, 5.74) is 1.97. The Balaban J connectivity index is 0.000000383. The van der Waals surface area contributed by atoms with Crippen LogP contribution in [-0.4, -0.2) is 70.2 Å². The minimum Gasteiger partial charge on any atom is -0.475 e. The Bertz CT molecular complexity index is 914. The third-order valence-corrected chi connectivity index (χ3v) is 5.66. The summed E-state index contributed by atoms with van der Waals surface area (Å²) in [5, 5.41) is 14.7. The smallest absolute Gasteiger partial charge is 0.475 e. The number of fused-ring (bicyclic) bond motifs is 1. The number of amides is 1. The molecule has 2 aromatic rings. The molecule has 1 amide bonds. The van der Waals surface area contributed by atoms with Crippen molar-refractivity contribution in [2.45, 2.75) is 44.1 Å². The highest BCUT2D eigenvalue weighted by atomic mass is 19.4. The van der Waals surface area contributed by atoms with Crippen molar-refractivity contribution in [3.8, 4) is 0 Å². The van der Waals surface area contributed by atoms with Gasteiger partial charge in [0, 0.05) is 50.7 Å². The number of carbonyl (C=O) groups excluding carboxylic acids is 1. The first-order chi connectivity index (χ1) is 15.8. The second-order valence-corrected chi connectivity index (χ2v) is 7.91. The molecule has 180 valence electrons. The van der Waals surface area contributed by atoms with Crippen LogP contribution in [-0.2, 0) is 16.1 Å². The van der Waals surface area contributed by atoms with Gasteiger partial charge in [0.15, 0.2) is 0 Å². The minimum atomic E-state index is -5.08. The number of alkyl halides is 3. The number of aromatic nitrogens is 2. The molecular formula is C22H27F3N4O4. The Labute approximate surface area is 189 Å². The van der Waals surface area contributed by atoms with Gasteiger partial charge in [0.1, 0.15) is 0 Å². The van der Waals surface area contributed by atoms with E-state index in [1.807, 2.05) is 36.5 Å². The molecule has 1 aromatic heterocycles. The lowest BCUT2D eigenvalue weighted by Crippen LogP contribution is -2.46. The predicted molar refractivity (Wildman–Crippen MR) is 113 cm³/mol. The molecule has 0 radical (unpaired) electrons. The molecule has 11 heteroatoms. The average Bonchev–Trinajstić information content (AvgIpc) is 3.29. The van der Waals surface area contributed by atoms with Crippen molar-refractivity contribution in [2.24, 2.45) is 0 Å². The van der Waals surface area contributed by atoms with E-state index in [0.29, 0.717) is 24.2 Å². The summed E-state index contributed by atoms with van der Waals surface area (Å²) in [4.78, 5) is 23.7. The molecule has 0 spiro atoms. The number of nitrogens with zero attached hydrogens (tertiary/aromatic N) is 3. The van der Waals surface area contributed by atoms with Gasteiger partial charge in [-0.1, -0.05) is 18.2 Å². The molecule has 1 saturated heterocycles. The van der Waals surface area contributed by atoms with E-state index < -0.39 is 12.1 Å². The zero-order valence-electron chi connectivity index (χ0n) is 18.0. The summed E-state index contributed by atoms with van der Waals surface area (Å²) in [6.07, 6.45) is -0.109. The van der Waals surface area contributed by atoms with E-state index in [2.05, 4.69) is 26.1 Å². The lowest BCUT2D eigenvalue weighted by atomic mass is 10.0. The maximum absolute atomic E-state index is 12.2. The van der Waals surface area contributed by atoms with Gasteiger partial charge in [-0.15, -0.1) is 0 Å². The highest BCUT2D eigenvalue weighted by Crippen LogP contribution is 2.27. The molecular weight excluding hydrogens is 441 g/mol. The molecule has 1 atom stereocenters. The highest BCUT2D eigenvalue weighted by molar-refractivity contribution is 5.94. The summed E-state index contributed by atoms with van der Waals surface area (Å²) in [7, 11) is 0. The summed E-state index contributed by atoms with van der Waals surface area (Å²) < 4.78 is 39.4. The maximum Gasteiger partial charge on any atom is 0.490 e. The Morgan fingerprint density at radius 1 is 1.15 bits per heavy atom. The van der Waals surface area contributed by atoms with E-state index >= 15 is 0 Å². The fourth-order valence-electron chi connectivity index (χ4n) is 4.00. The number of hydrogen-bond donors (Lipinski definition) is 2. The molecule has 3 heterocycles. The SMILES string of the molecule is O=C(NCCC1CN(C2CCOCC2)Cc2ccnn21)c1ccccc1.O=C(O)C(F)(F)F. The van der Waals surface area contributed by atoms with Crippen LogP contribution < -0.4 is 5.32 Å². The maximum atomic E-state index is 12.2. The van der Waals surface area contributed by atoms with Crippen molar-refractivity contribution < 1.29 is 32.6 Å². The number of carboxylic acid groups (broad SMARTS) is 1. The second-order valence-electron chi connectivity index (χ2n) is 7.91. The molecule has 0 saturated carbocycles. The number of ether oxygens (including phenoxy) is 1. The van der Waals surface area contributed by atoms with Crippen molar-refractivity contribution >= 4 is 11.9 Å². The van der Waals surface area contributed by atoms with Crippen molar-refractivity contribution in [3.05, 3.63) is 53.9 Å². The normalized spacial score (nSPS) is 19.2. The Kier molecular flexibility index (Phi) is 8.45. The summed E-state index contributed by atoms with van der Waals surface area (Å²) in [6, 6.07) is 12.4. The number of hydrogen-bond acceptors (Lipinski definition) is 5. The fraction of sp³-hybridized carbons (Fsp3) is 0.500. The van der Waals surface area contributed by atoms with Crippen LogP contribution in [0.3, 0.4) is 0 Å². The van der Waals surface area contributed by atoms with Crippen LogP contribution >= 0.6 is 0 Å². The number of carbonyl (C=O) groups is 2. The minimum absolute atomic E-state index is 0.0108. The van der Waals surface area contributed by atoms with Gasteiger partial charge in [-0.2, -0.15) is 18.3 Å². The average molecular weight is 468 g/mol. The van der Waals surface area contributed by atoms with Crippen molar-refractivity contribution in [3.63, 3.8) is 0 Å². The van der Waals surface area contributed by atoms with Gasteiger partial charge < -0.3 is 15.2 Å². The standard InChI is InChI=1S/C20H26N4O2.C2HF3O2/c25-20(16-4-2-1-3-5-16)21-10-6-18-14-23(17-8-12-26-13-9-17)15-19-7-11-22-24(18)19;3-2(4,5)1(6)7/h1-5,7,11,17-18H,6,8-10,12-15H2,(H,21,25);(H,6,7). The Morgan fingerprint density at radius 3 is 2.45 bits per heavy atom. The summed E-state index contributed by atoms with van der Waals surface area (Å²) in [6.45, 7) is 4.31. The number of benzene rings is 1. The van der Waals surface area contributed by atoms with E-state index in [9.17, 15) is 18.0 Å². The van der Waals surface area contributed by atoms with Crippen LogP contribution in [0.4, 0.5) is 13.2 Å². The van der Waals surface area contributed by atoms with E-state index in [1.165, 1.54) is 5.69 Å². The van der Waals surface area contributed by atoms with Crippen LogP contribution in [0, 0.1) is 0 Å². The zero-order valence-corrected chi connectivity index (χ0v) is 18.0. The molecule has 1 unspecified atom stereocenters. The molecule has 4 rings (SSSR count). The quantitative estimate of drug-likeness (QED) is 0.701. The fourth-order valence-corrected chi connectivity index (χ4v) is 4.00. The van der Waals surface area contributed by atoms with Crippen LogP contribution in [0.15, 0.2) is 42.6 Å². The van der Waals surface area contributed by atoms with Gasteiger partial charge in [0.25, 0.3) is 5.91 Å². The lowest BCUT2D eigenvalue weighted by Gasteiger charge is -2.40. The summed E-state index contributed by atoms with van der Waals surface area (Å²) in [5.74, 6) is -2.77. The third-order valence-electron chi connectivity index (χ3n) is 5.66. The number of rotatable bonds is 5. The lowest BCUT2D eigenvalue weighted by molar-refractivity contribution is -0.192. The first-order valence-electron chi connectivity index (χ1n) is 10.7. The van der Waals surface area contributed by atoms with E-state index in [1.54, 1.807) is 0 Å². The Hall–Kier alpha value is -2.92. The molecule has 2 N–H and O–H groups in total. The number of carboxylic acids is 1. The van der Waals surface area contributed by atoms with Gasteiger partial charge >= 0.3 is 12.1 Å². The van der Waals surface area contributed by atoms with Crippen LogP contribution in [0.1, 0.15) is 41.4 Å². The number of nitrogens with one attached hydrogen (secondary N) is 1. The Morgan fingerprint density at radius 2 is 1.82 bits per heavy atom. The van der Waals surface area contributed by atoms with E-state index in [0.717, 1.165) is 45.6 Å². The molecule has 1 fully saturated rings. The van der Waals surface area contributed by atoms with Gasteiger partial charge in [0.2, 0.25) is 0 Å². The molecule has 2 aliphatic heterocycles. The second kappa shape index (κ2) is 11.3. The van der Waals surface area contributed by atoms with Gasteiger partial charge in [-0.25, -0.2) is 4.79 Å². The topological polar surface area (TPSA) is 96.7 Å². The van der Waals surface area contributed by atoms with Gasteiger partial charge in [0.05, 0.1) is 11.7 Å². The molecule has 33 heavy (non-hydrogen) atoms. The third kappa shape index (κ3) is 7.03. The zero-order chi connectivity index (χ0) is 23.8. The highest BCUT2D eigenvalue weighted by Gasteiger charge is 2.38. The molecule has 0 bridgehead atoms. The monoisotopic (exact) mass is 468 g/mol. The van der Waals surface area contributed by atoms with Gasteiger partial charge in [-0.05, 0) is 37.5 Å². The molecule has 2 aliphatic rings. The van der Waals surface area contributed by atoms with Crippen LogP contribution in [0.5, 0.6) is 0 Å². The van der Waals surface area contributed by atoms with Crippen molar-refractivity contribution in [2.75, 3.05) is 26.3 Å². The van der Waals surface area contributed by atoms with E-state index in [4.69, 9.17) is 14.6 Å². The largest absolute Gasteiger partial charge is 0.490 e. The van der Waals surface area contributed by atoms with Crippen LogP contribution in [0.2, 0.25) is 0 Å². The molecule has 1 aromatic carbocycles. The predicted octanol–water partition coefficient (Wildman–Crippen LogP) is 2.87. The summed E-state index contributed by atoms with van der Waals surface area (Å²) >= 11 is 0. The van der Waals surface area contributed by atoms with Crippen molar-refractivity contribution in [1.82, 2.24) is 20.0 Å². The first kappa shape index (κ1) is 24.7. The van der Waals surface area contributed by atoms with E-state index in [-0.39, 0.29) is 5.91 Å². The first-order valence-corrected chi connectivity index (χ1v) is 10.7. The number of aliphatic carboxylic acids is 1. The van der Waals surface area contributed by atoms with Crippen molar-refractivity contribution in [1.29, 1.82) is 0 Å². The van der Waals surface area contributed by atoms with Gasteiger partial charge in [-0.3, -0.25) is 14.4 Å². The molecule has 8 nitrogen and oxygen atoms in total. The van der Waals surface area contributed by atoms with Crippen LogP contribution in [0.25, 0.3) is 0 Å².